The van der Waals surface area contributed by atoms with Crippen molar-refractivity contribution in [2.24, 2.45) is 7.05 Å². The van der Waals surface area contributed by atoms with Crippen molar-refractivity contribution < 1.29 is 9.47 Å². The van der Waals surface area contributed by atoms with Crippen LogP contribution in [0.4, 0.5) is 0 Å². The van der Waals surface area contributed by atoms with E-state index in [0.717, 1.165) is 45.7 Å². The Morgan fingerprint density at radius 1 is 1.35 bits per heavy atom. The predicted molar refractivity (Wildman–Crippen MR) is 64.6 cm³/mol. The maximum absolute atomic E-state index is 5.79. The third-order valence-electron chi connectivity index (χ3n) is 3.61. The third kappa shape index (κ3) is 2.39. The molecule has 1 spiro atoms. The van der Waals surface area contributed by atoms with Crippen molar-refractivity contribution in [1.29, 1.82) is 0 Å². The first kappa shape index (κ1) is 11.3. The lowest BCUT2D eigenvalue weighted by Gasteiger charge is -2.38. The van der Waals surface area contributed by atoms with E-state index in [4.69, 9.17) is 9.47 Å². The number of piperidine rings is 1. The lowest BCUT2D eigenvalue weighted by molar-refractivity contribution is -0.190. The molecular formula is C13H20N2O2. The van der Waals surface area contributed by atoms with Crippen LogP contribution < -0.4 is 0 Å². The van der Waals surface area contributed by atoms with Gasteiger partial charge in [0.15, 0.2) is 5.79 Å². The Balaban J connectivity index is 1.64. The summed E-state index contributed by atoms with van der Waals surface area (Å²) in [6.07, 6.45) is 6.47. The molecule has 0 radical (unpaired) electrons. The first-order chi connectivity index (χ1) is 8.26. The van der Waals surface area contributed by atoms with Gasteiger partial charge in [0.25, 0.3) is 0 Å². The Kier molecular flexibility index (Phi) is 2.94. The molecule has 4 heteroatoms. The van der Waals surface area contributed by atoms with E-state index in [0.29, 0.717) is 0 Å². The van der Waals surface area contributed by atoms with Gasteiger partial charge in [-0.25, -0.2) is 0 Å². The molecule has 2 fully saturated rings. The van der Waals surface area contributed by atoms with Gasteiger partial charge in [-0.15, -0.1) is 0 Å². The Morgan fingerprint density at radius 3 is 2.88 bits per heavy atom. The largest absolute Gasteiger partial charge is 0.357 e. The van der Waals surface area contributed by atoms with Gasteiger partial charge in [0, 0.05) is 32.4 Å². The van der Waals surface area contributed by atoms with Gasteiger partial charge in [-0.05, 0) is 24.6 Å². The van der Waals surface area contributed by atoms with Crippen LogP contribution in [0.2, 0.25) is 0 Å². The van der Waals surface area contributed by atoms with Crippen LogP contribution in [0.15, 0.2) is 18.5 Å². The number of likely N-dealkylation sites (tertiary alicyclic amines) is 1. The number of hydrogen-bond donors (Lipinski definition) is 0. The average Bonchev–Trinajstić information content (AvgIpc) is 2.89. The maximum Gasteiger partial charge on any atom is 0.181 e. The van der Waals surface area contributed by atoms with Crippen molar-refractivity contribution in [3.8, 4) is 0 Å². The number of rotatable bonds is 2. The molecule has 0 atom stereocenters. The fourth-order valence-electron chi connectivity index (χ4n) is 2.85. The summed E-state index contributed by atoms with van der Waals surface area (Å²) in [7, 11) is 2.06. The molecule has 0 unspecified atom stereocenters. The lowest BCUT2D eigenvalue weighted by Crippen LogP contribution is -2.48. The summed E-state index contributed by atoms with van der Waals surface area (Å²) in [5, 5.41) is 0. The topological polar surface area (TPSA) is 26.6 Å². The molecule has 4 nitrogen and oxygen atoms in total. The maximum atomic E-state index is 5.79. The van der Waals surface area contributed by atoms with Gasteiger partial charge in [0.05, 0.1) is 19.8 Å². The second-order valence-corrected chi connectivity index (χ2v) is 5.11. The molecule has 2 saturated heterocycles. The van der Waals surface area contributed by atoms with Crippen molar-refractivity contribution >= 4 is 0 Å². The van der Waals surface area contributed by atoms with E-state index in [1.165, 1.54) is 5.56 Å². The summed E-state index contributed by atoms with van der Waals surface area (Å²) in [5.41, 5.74) is 1.36. The molecule has 94 valence electrons. The molecule has 0 bridgehead atoms. The van der Waals surface area contributed by atoms with Crippen LogP contribution in [0.1, 0.15) is 18.4 Å². The van der Waals surface area contributed by atoms with Crippen molar-refractivity contribution in [1.82, 2.24) is 9.47 Å². The zero-order valence-electron chi connectivity index (χ0n) is 10.4. The highest BCUT2D eigenvalue weighted by Crippen LogP contribution is 2.30. The quantitative estimate of drug-likeness (QED) is 0.776. The fraction of sp³-hybridized carbons (Fsp3) is 0.692. The highest BCUT2D eigenvalue weighted by Gasteiger charge is 2.40. The van der Waals surface area contributed by atoms with Gasteiger partial charge in [0.2, 0.25) is 0 Å². The molecular weight excluding hydrogens is 216 g/mol. The van der Waals surface area contributed by atoms with Crippen molar-refractivity contribution in [2.45, 2.75) is 25.2 Å². The van der Waals surface area contributed by atoms with E-state index in [9.17, 15) is 0 Å². The fourth-order valence-corrected chi connectivity index (χ4v) is 2.85. The van der Waals surface area contributed by atoms with Crippen LogP contribution in [0.5, 0.6) is 0 Å². The second-order valence-electron chi connectivity index (χ2n) is 5.11. The van der Waals surface area contributed by atoms with Crippen molar-refractivity contribution in [3.05, 3.63) is 24.0 Å². The van der Waals surface area contributed by atoms with E-state index >= 15 is 0 Å². The number of hydrogen-bond acceptors (Lipinski definition) is 3. The summed E-state index contributed by atoms with van der Waals surface area (Å²) in [5.74, 6) is -0.299. The number of nitrogens with zero attached hydrogens (tertiary/aromatic N) is 2. The van der Waals surface area contributed by atoms with E-state index in [1.54, 1.807) is 0 Å². The standard InChI is InChI=1S/C13H20N2O2/c1-14-6-3-12(9-14)10-15-5-2-4-13(11-15)16-7-8-17-13/h3,6,9H,2,4-5,7-8,10-11H2,1H3. The number of ether oxygens (including phenoxy) is 2. The number of aryl methyl sites for hydroxylation is 1. The highest BCUT2D eigenvalue weighted by molar-refractivity contribution is 5.10. The molecule has 3 rings (SSSR count). The SMILES string of the molecule is Cn1ccc(CN2CCCC3(C2)OCCO3)c1. The van der Waals surface area contributed by atoms with Gasteiger partial charge in [-0.3, -0.25) is 4.90 Å². The predicted octanol–water partition coefficient (Wildman–Crippen LogP) is 1.36. The monoisotopic (exact) mass is 236 g/mol. The van der Waals surface area contributed by atoms with E-state index < -0.39 is 0 Å². The smallest absolute Gasteiger partial charge is 0.181 e. The van der Waals surface area contributed by atoms with Gasteiger partial charge in [-0.2, -0.15) is 0 Å². The third-order valence-corrected chi connectivity index (χ3v) is 3.61. The molecule has 0 saturated carbocycles. The van der Waals surface area contributed by atoms with E-state index in [-0.39, 0.29) is 5.79 Å². The molecule has 3 heterocycles. The molecule has 1 aromatic heterocycles. The van der Waals surface area contributed by atoms with Crippen LogP contribution in [-0.4, -0.2) is 41.6 Å². The van der Waals surface area contributed by atoms with Crippen LogP contribution in [0.3, 0.4) is 0 Å². The summed E-state index contributed by atoms with van der Waals surface area (Å²) >= 11 is 0. The molecule has 2 aliphatic heterocycles. The van der Waals surface area contributed by atoms with Gasteiger partial charge >= 0.3 is 0 Å². The normalized spacial score (nSPS) is 24.5. The second kappa shape index (κ2) is 4.44. The summed E-state index contributed by atoms with van der Waals surface area (Å²) in [6, 6.07) is 2.18. The van der Waals surface area contributed by atoms with Gasteiger partial charge in [0.1, 0.15) is 0 Å². The minimum Gasteiger partial charge on any atom is -0.357 e. The molecule has 1 aromatic rings. The minimum absolute atomic E-state index is 0.299. The molecule has 0 amide bonds. The van der Waals surface area contributed by atoms with Crippen LogP contribution >= 0.6 is 0 Å². The van der Waals surface area contributed by atoms with Crippen LogP contribution in [0, 0.1) is 0 Å². The Labute approximate surface area is 102 Å². The molecule has 0 aliphatic carbocycles. The zero-order valence-corrected chi connectivity index (χ0v) is 10.4. The van der Waals surface area contributed by atoms with E-state index in [1.807, 2.05) is 0 Å². The molecule has 0 N–H and O–H groups in total. The van der Waals surface area contributed by atoms with Crippen LogP contribution in [0.25, 0.3) is 0 Å². The average molecular weight is 236 g/mol. The number of aromatic nitrogens is 1. The van der Waals surface area contributed by atoms with Crippen molar-refractivity contribution in [3.63, 3.8) is 0 Å². The van der Waals surface area contributed by atoms with Crippen LogP contribution in [-0.2, 0) is 23.1 Å². The minimum atomic E-state index is -0.299. The summed E-state index contributed by atoms with van der Waals surface area (Å²) < 4.78 is 13.7. The lowest BCUT2D eigenvalue weighted by atomic mass is 10.0. The Hall–Kier alpha value is -0.840. The van der Waals surface area contributed by atoms with E-state index in [2.05, 4.69) is 35.0 Å². The first-order valence-electron chi connectivity index (χ1n) is 6.37. The van der Waals surface area contributed by atoms with Gasteiger partial charge < -0.3 is 14.0 Å². The summed E-state index contributed by atoms with van der Waals surface area (Å²) in [4.78, 5) is 2.43. The molecule has 17 heavy (non-hydrogen) atoms. The highest BCUT2D eigenvalue weighted by atomic mass is 16.7. The molecule has 2 aliphatic rings. The van der Waals surface area contributed by atoms with Crippen molar-refractivity contribution in [2.75, 3.05) is 26.3 Å². The summed E-state index contributed by atoms with van der Waals surface area (Å²) in [6.45, 7) is 4.54. The first-order valence-corrected chi connectivity index (χ1v) is 6.37. The zero-order chi connectivity index (χ0) is 11.7. The Bertz CT molecular complexity index is 383. The molecule has 0 aromatic carbocycles. The Morgan fingerprint density at radius 2 is 2.18 bits per heavy atom. The van der Waals surface area contributed by atoms with Gasteiger partial charge in [-0.1, -0.05) is 0 Å².